The number of nitrogens with zero attached hydrogens (tertiary/aromatic N) is 2. The van der Waals surface area contributed by atoms with Gasteiger partial charge in [0, 0.05) is 48.7 Å². The Bertz CT molecular complexity index is 848. The number of hydrogen-bond acceptors (Lipinski definition) is 4. The van der Waals surface area contributed by atoms with E-state index in [4.69, 9.17) is 4.98 Å². The number of piperidine rings is 1. The van der Waals surface area contributed by atoms with Gasteiger partial charge in [-0.15, -0.1) is 0 Å². The summed E-state index contributed by atoms with van der Waals surface area (Å²) in [4.78, 5) is 30.0. The number of aryl methyl sites for hydroxylation is 2. The Hall–Kier alpha value is -2.89. The predicted octanol–water partition coefficient (Wildman–Crippen LogP) is 3.28. The van der Waals surface area contributed by atoms with E-state index >= 15 is 0 Å². The lowest BCUT2D eigenvalue weighted by atomic mass is 9.93. The fraction of sp³-hybridized carbons (Fsp3) is 0.409. The van der Waals surface area contributed by atoms with Gasteiger partial charge < -0.3 is 15.5 Å². The molecule has 2 N–H and O–H groups in total. The molecule has 1 saturated heterocycles. The van der Waals surface area contributed by atoms with E-state index in [0.29, 0.717) is 6.54 Å². The lowest BCUT2D eigenvalue weighted by molar-refractivity contribution is -0.133. The van der Waals surface area contributed by atoms with Gasteiger partial charge in [0.05, 0.1) is 6.54 Å². The zero-order valence-electron chi connectivity index (χ0n) is 16.8. The molecule has 2 amide bonds. The van der Waals surface area contributed by atoms with Crippen LogP contribution >= 0.6 is 0 Å². The summed E-state index contributed by atoms with van der Waals surface area (Å²) >= 11 is 0. The van der Waals surface area contributed by atoms with E-state index in [-0.39, 0.29) is 24.3 Å². The highest BCUT2D eigenvalue weighted by atomic mass is 16.2. The molecular formula is C22H28N4O2. The van der Waals surface area contributed by atoms with Crippen LogP contribution in [-0.2, 0) is 9.59 Å². The zero-order valence-corrected chi connectivity index (χ0v) is 16.8. The lowest BCUT2D eigenvalue weighted by Gasteiger charge is -2.33. The fourth-order valence-electron chi connectivity index (χ4n) is 3.54. The molecule has 0 saturated carbocycles. The van der Waals surface area contributed by atoms with E-state index in [1.54, 1.807) is 0 Å². The third-order valence-corrected chi connectivity index (χ3v) is 4.99. The van der Waals surface area contributed by atoms with E-state index in [1.807, 2.05) is 17.9 Å². The molecule has 1 aliphatic heterocycles. The van der Waals surface area contributed by atoms with Gasteiger partial charge in [-0.05, 0) is 51.0 Å². The standard InChI is InChI=1S/C22H28N4O2/c1-15-6-8-19(9-7-15)25-20-11-16(2)24-21(12-20)18-5-4-10-26(14-18)22(28)13-23-17(3)27/h6-9,11-12,18H,4-5,10,13-14H2,1-3H3,(H,23,27)(H,24,25)/t18-/m1/s1. The summed E-state index contributed by atoms with van der Waals surface area (Å²) < 4.78 is 0. The summed E-state index contributed by atoms with van der Waals surface area (Å²) in [7, 11) is 0. The number of anilines is 2. The van der Waals surface area contributed by atoms with Gasteiger partial charge in [-0.25, -0.2) is 0 Å². The van der Waals surface area contributed by atoms with Crippen molar-refractivity contribution in [2.24, 2.45) is 0 Å². The highest BCUT2D eigenvalue weighted by Gasteiger charge is 2.26. The highest BCUT2D eigenvalue weighted by Crippen LogP contribution is 2.29. The fourth-order valence-corrected chi connectivity index (χ4v) is 3.54. The molecule has 6 heteroatoms. The van der Waals surface area contributed by atoms with Crippen molar-refractivity contribution in [2.75, 3.05) is 25.0 Å². The van der Waals surface area contributed by atoms with Gasteiger partial charge in [0.25, 0.3) is 0 Å². The van der Waals surface area contributed by atoms with Crippen molar-refractivity contribution < 1.29 is 9.59 Å². The third-order valence-electron chi connectivity index (χ3n) is 4.99. The second-order valence-electron chi connectivity index (χ2n) is 7.50. The summed E-state index contributed by atoms with van der Waals surface area (Å²) in [6.07, 6.45) is 1.94. The van der Waals surface area contributed by atoms with Crippen LogP contribution in [0.15, 0.2) is 36.4 Å². The number of rotatable bonds is 5. The molecule has 1 atom stereocenters. The Morgan fingerprint density at radius 3 is 2.61 bits per heavy atom. The molecule has 1 fully saturated rings. The maximum Gasteiger partial charge on any atom is 0.241 e. The van der Waals surface area contributed by atoms with Crippen LogP contribution in [0.3, 0.4) is 0 Å². The summed E-state index contributed by atoms with van der Waals surface area (Å²) in [5.74, 6) is -0.0202. The van der Waals surface area contributed by atoms with Crippen LogP contribution in [0.5, 0.6) is 0 Å². The number of carbonyl (C=O) groups excluding carboxylic acids is 2. The van der Waals surface area contributed by atoms with Crippen LogP contribution in [0.1, 0.15) is 42.6 Å². The summed E-state index contributed by atoms with van der Waals surface area (Å²) in [6, 6.07) is 12.4. The Morgan fingerprint density at radius 2 is 1.89 bits per heavy atom. The molecule has 0 spiro atoms. The first-order valence-corrected chi connectivity index (χ1v) is 9.75. The van der Waals surface area contributed by atoms with Crippen LogP contribution < -0.4 is 10.6 Å². The number of pyridine rings is 1. The minimum atomic E-state index is -0.186. The SMILES string of the molecule is CC(=O)NCC(=O)N1CCC[C@@H](c2cc(Nc3ccc(C)cc3)cc(C)n2)C1. The van der Waals surface area contributed by atoms with Crippen molar-refractivity contribution in [1.29, 1.82) is 0 Å². The van der Waals surface area contributed by atoms with Crippen molar-refractivity contribution in [3.8, 4) is 0 Å². The average Bonchev–Trinajstić information content (AvgIpc) is 2.67. The number of hydrogen-bond donors (Lipinski definition) is 2. The van der Waals surface area contributed by atoms with Gasteiger partial charge in [-0.2, -0.15) is 0 Å². The predicted molar refractivity (Wildman–Crippen MR) is 111 cm³/mol. The van der Waals surface area contributed by atoms with Gasteiger partial charge in [0.1, 0.15) is 0 Å². The molecule has 0 radical (unpaired) electrons. The van der Waals surface area contributed by atoms with E-state index in [0.717, 1.165) is 42.1 Å². The molecule has 0 bridgehead atoms. The number of aromatic nitrogens is 1. The van der Waals surface area contributed by atoms with Gasteiger partial charge in [-0.1, -0.05) is 17.7 Å². The van der Waals surface area contributed by atoms with Crippen LogP contribution in [0, 0.1) is 13.8 Å². The zero-order chi connectivity index (χ0) is 20.1. The Kier molecular flexibility index (Phi) is 6.29. The normalized spacial score (nSPS) is 16.5. The minimum Gasteiger partial charge on any atom is -0.355 e. The maximum atomic E-state index is 12.4. The van der Waals surface area contributed by atoms with Crippen molar-refractivity contribution in [1.82, 2.24) is 15.2 Å². The van der Waals surface area contributed by atoms with E-state index < -0.39 is 0 Å². The van der Waals surface area contributed by atoms with Crippen LogP contribution in [0.4, 0.5) is 11.4 Å². The van der Waals surface area contributed by atoms with Gasteiger partial charge in [0.15, 0.2) is 0 Å². The quantitative estimate of drug-likeness (QED) is 0.835. The van der Waals surface area contributed by atoms with Crippen LogP contribution in [0.25, 0.3) is 0 Å². The Balaban J connectivity index is 1.71. The number of likely N-dealkylation sites (tertiary alicyclic amines) is 1. The van der Waals surface area contributed by atoms with Gasteiger partial charge in [0.2, 0.25) is 11.8 Å². The molecule has 0 unspecified atom stereocenters. The molecule has 1 aromatic carbocycles. The summed E-state index contributed by atoms with van der Waals surface area (Å²) in [5.41, 5.74) is 5.23. The molecule has 0 aliphatic carbocycles. The minimum absolute atomic E-state index is 0.0365. The molecule has 6 nitrogen and oxygen atoms in total. The molecule has 1 aliphatic rings. The topological polar surface area (TPSA) is 74.3 Å². The second-order valence-corrected chi connectivity index (χ2v) is 7.50. The summed E-state index contributed by atoms with van der Waals surface area (Å²) in [6.45, 7) is 6.91. The number of amides is 2. The molecule has 148 valence electrons. The second kappa shape index (κ2) is 8.87. The van der Waals surface area contributed by atoms with Crippen molar-refractivity contribution >= 4 is 23.2 Å². The molecule has 2 heterocycles. The smallest absolute Gasteiger partial charge is 0.241 e. The average molecular weight is 380 g/mol. The maximum absolute atomic E-state index is 12.4. The van der Waals surface area contributed by atoms with Gasteiger partial charge in [-0.3, -0.25) is 14.6 Å². The first kappa shape index (κ1) is 19.9. The van der Waals surface area contributed by atoms with Crippen LogP contribution in [0.2, 0.25) is 0 Å². The van der Waals surface area contributed by atoms with E-state index in [1.165, 1.54) is 12.5 Å². The molecule has 2 aromatic rings. The van der Waals surface area contributed by atoms with E-state index in [2.05, 4.69) is 47.9 Å². The lowest BCUT2D eigenvalue weighted by Crippen LogP contribution is -2.44. The number of benzene rings is 1. The highest BCUT2D eigenvalue weighted by molar-refractivity contribution is 5.83. The van der Waals surface area contributed by atoms with Crippen molar-refractivity contribution in [3.63, 3.8) is 0 Å². The van der Waals surface area contributed by atoms with Crippen molar-refractivity contribution in [2.45, 2.75) is 39.5 Å². The largest absolute Gasteiger partial charge is 0.355 e. The first-order chi connectivity index (χ1) is 13.4. The Morgan fingerprint density at radius 1 is 1.14 bits per heavy atom. The molecule has 3 rings (SSSR count). The van der Waals surface area contributed by atoms with Gasteiger partial charge >= 0.3 is 0 Å². The summed E-state index contributed by atoms with van der Waals surface area (Å²) in [5, 5.41) is 6.04. The Labute approximate surface area is 166 Å². The first-order valence-electron chi connectivity index (χ1n) is 9.75. The molecular weight excluding hydrogens is 352 g/mol. The molecule has 1 aromatic heterocycles. The van der Waals surface area contributed by atoms with E-state index in [9.17, 15) is 9.59 Å². The van der Waals surface area contributed by atoms with Crippen molar-refractivity contribution in [3.05, 3.63) is 53.3 Å². The molecule has 28 heavy (non-hydrogen) atoms. The van der Waals surface area contributed by atoms with Crippen LogP contribution in [-0.4, -0.2) is 41.3 Å². The third kappa shape index (κ3) is 5.31. The number of nitrogens with one attached hydrogen (secondary N) is 2. The number of carbonyl (C=O) groups is 2. The monoisotopic (exact) mass is 380 g/mol.